The Labute approximate surface area is 209 Å². The smallest absolute Gasteiger partial charge is 0.0297 e. The van der Waals surface area contributed by atoms with E-state index in [1.165, 1.54) is 67.2 Å². The summed E-state index contributed by atoms with van der Waals surface area (Å²) >= 11 is 0. The molecule has 34 heavy (non-hydrogen) atoms. The molecule has 0 aliphatic rings. The van der Waals surface area contributed by atoms with Gasteiger partial charge in [0.05, 0.1) is 0 Å². The number of hydrogen-bond donors (Lipinski definition) is 3. The molecule has 0 saturated carbocycles. The van der Waals surface area contributed by atoms with Crippen LogP contribution in [0.15, 0.2) is 48.5 Å². The highest BCUT2D eigenvalue weighted by Gasteiger charge is 2.14. The molecule has 0 fully saturated rings. The van der Waals surface area contributed by atoms with Crippen LogP contribution in [0.4, 0.5) is 0 Å². The highest BCUT2D eigenvalue weighted by atomic mass is 14.6. The van der Waals surface area contributed by atoms with E-state index in [4.69, 9.17) is 17.2 Å². The van der Waals surface area contributed by atoms with Crippen LogP contribution in [0.25, 0.3) is 0 Å². The molecule has 0 bridgehead atoms. The van der Waals surface area contributed by atoms with Crippen LogP contribution in [0.5, 0.6) is 0 Å². The van der Waals surface area contributed by atoms with E-state index in [0.29, 0.717) is 12.5 Å². The van der Waals surface area contributed by atoms with Crippen LogP contribution in [-0.4, -0.2) is 6.54 Å². The number of hydrogen-bond acceptors (Lipinski definition) is 3. The van der Waals surface area contributed by atoms with E-state index in [1.54, 1.807) is 0 Å². The molecule has 4 atom stereocenters. The van der Waals surface area contributed by atoms with Gasteiger partial charge in [0.1, 0.15) is 0 Å². The second-order valence-corrected chi connectivity index (χ2v) is 10.8. The summed E-state index contributed by atoms with van der Waals surface area (Å²) in [7, 11) is 0. The molecule has 0 heterocycles. The fourth-order valence-corrected chi connectivity index (χ4v) is 5.09. The summed E-state index contributed by atoms with van der Waals surface area (Å²) in [5.41, 5.74) is 23.4. The third kappa shape index (κ3) is 10.7. The number of rotatable bonds is 17. The van der Waals surface area contributed by atoms with Gasteiger partial charge < -0.3 is 17.2 Å². The first-order valence-corrected chi connectivity index (χ1v) is 13.7. The van der Waals surface area contributed by atoms with Crippen molar-refractivity contribution < 1.29 is 0 Å². The molecule has 0 aromatic heterocycles. The summed E-state index contributed by atoms with van der Waals surface area (Å²) in [6, 6.07) is 17.7. The van der Waals surface area contributed by atoms with Crippen molar-refractivity contribution in [2.45, 2.75) is 97.6 Å². The van der Waals surface area contributed by atoms with Crippen LogP contribution < -0.4 is 17.2 Å². The quantitative estimate of drug-likeness (QED) is 0.222. The van der Waals surface area contributed by atoms with Crippen molar-refractivity contribution in [3.63, 3.8) is 0 Å². The normalized spacial score (nSPS) is 15.1. The Morgan fingerprint density at radius 2 is 1.29 bits per heavy atom. The summed E-state index contributed by atoms with van der Waals surface area (Å²) in [6.07, 6.45) is 12.4. The molecular weight excluding hydrogens is 414 g/mol. The Hall–Kier alpha value is -1.68. The fourth-order valence-electron chi connectivity index (χ4n) is 5.09. The molecule has 6 N–H and O–H groups in total. The van der Waals surface area contributed by atoms with E-state index in [1.807, 2.05) is 0 Å². The minimum Gasteiger partial charge on any atom is -0.330 e. The van der Waals surface area contributed by atoms with Gasteiger partial charge >= 0.3 is 0 Å². The SMILES string of the molecule is CC(CCCCCCN)CCC(C)Cc1ccc(C(N)CC(C)Cc2ccccc2CN)cc1. The minimum absolute atomic E-state index is 0.0808. The molecule has 2 rings (SSSR count). The Kier molecular flexibility index (Phi) is 13.5. The summed E-state index contributed by atoms with van der Waals surface area (Å²) < 4.78 is 0. The topological polar surface area (TPSA) is 78.1 Å². The van der Waals surface area contributed by atoms with Gasteiger partial charge in [-0.25, -0.2) is 0 Å². The lowest BCUT2D eigenvalue weighted by Gasteiger charge is -2.20. The molecule has 0 saturated heterocycles. The largest absolute Gasteiger partial charge is 0.330 e. The molecule has 3 nitrogen and oxygen atoms in total. The van der Waals surface area contributed by atoms with Crippen LogP contribution in [-0.2, 0) is 19.4 Å². The Balaban J connectivity index is 1.73. The second-order valence-electron chi connectivity index (χ2n) is 10.8. The summed E-state index contributed by atoms with van der Waals surface area (Å²) in [6.45, 7) is 8.55. The molecule has 190 valence electrons. The second kappa shape index (κ2) is 16.1. The van der Waals surface area contributed by atoms with E-state index < -0.39 is 0 Å². The summed E-state index contributed by atoms with van der Waals surface area (Å²) in [5.74, 6) is 2.08. The lowest BCUT2D eigenvalue weighted by molar-refractivity contribution is 0.397. The molecule has 3 heteroatoms. The number of benzene rings is 2. The van der Waals surface area contributed by atoms with Gasteiger partial charge in [-0.1, -0.05) is 108 Å². The average Bonchev–Trinajstić information content (AvgIpc) is 2.83. The molecule has 2 aromatic carbocycles. The van der Waals surface area contributed by atoms with E-state index >= 15 is 0 Å². The van der Waals surface area contributed by atoms with Gasteiger partial charge in [-0.15, -0.1) is 0 Å². The van der Waals surface area contributed by atoms with Crippen LogP contribution in [0.3, 0.4) is 0 Å². The van der Waals surface area contributed by atoms with E-state index in [0.717, 1.165) is 37.6 Å². The highest BCUT2D eigenvalue weighted by molar-refractivity contribution is 5.28. The zero-order valence-electron chi connectivity index (χ0n) is 22.1. The Morgan fingerprint density at radius 3 is 1.97 bits per heavy atom. The van der Waals surface area contributed by atoms with Crippen molar-refractivity contribution in [1.29, 1.82) is 0 Å². The van der Waals surface area contributed by atoms with Crippen molar-refractivity contribution >= 4 is 0 Å². The van der Waals surface area contributed by atoms with Gasteiger partial charge in [0.2, 0.25) is 0 Å². The van der Waals surface area contributed by atoms with Gasteiger partial charge in [-0.2, -0.15) is 0 Å². The van der Waals surface area contributed by atoms with Gasteiger partial charge in [-0.05, 0) is 72.2 Å². The number of nitrogens with two attached hydrogens (primary N) is 3. The first kappa shape index (κ1) is 28.6. The molecule has 0 spiro atoms. The standard InChI is InChI=1S/C31H51N3/c1-24(10-6-4-5-9-19-32)13-14-25(2)20-27-15-17-28(18-16-27)31(34)22-26(3)21-29-11-7-8-12-30(29)23-33/h7-8,11-12,15-18,24-26,31H,4-6,9-10,13-14,19-23,32-34H2,1-3H3. The van der Waals surface area contributed by atoms with Crippen molar-refractivity contribution in [2.75, 3.05) is 6.54 Å². The lowest BCUT2D eigenvalue weighted by Crippen LogP contribution is -2.16. The van der Waals surface area contributed by atoms with Crippen LogP contribution in [0.2, 0.25) is 0 Å². The van der Waals surface area contributed by atoms with Crippen molar-refractivity contribution in [1.82, 2.24) is 0 Å². The monoisotopic (exact) mass is 465 g/mol. The summed E-state index contributed by atoms with van der Waals surface area (Å²) in [5, 5.41) is 0. The molecular formula is C31H51N3. The van der Waals surface area contributed by atoms with Crippen LogP contribution in [0.1, 0.15) is 100 Å². The summed E-state index contributed by atoms with van der Waals surface area (Å²) in [4.78, 5) is 0. The molecule has 0 amide bonds. The molecule has 4 unspecified atom stereocenters. The van der Waals surface area contributed by atoms with Gasteiger partial charge in [0.25, 0.3) is 0 Å². The van der Waals surface area contributed by atoms with Gasteiger partial charge in [0, 0.05) is 12.6 Å². The van der Waals surface area contributed by atoms with E-state index in [2.05, 4.69) is 69.3 Å². The average molecular weight is 466 g/mol. The molecule has 2 aromatic rings. The zero-order chi connectivity index (χ0) is 24.8. The Bertz CT molecular complexity index is 786. The first-order valence-electron chi connectivity index (χ1n) is 13.7. The fraction of sp³-hybridized carbons (Fsp3) is 0.613. The maximum Gasteiger partial charge on any atom is 0.0297 e. The third-order valence-electron chi connectivity index (χ3n) is 7.36. The highest BCUT2D eigenvalue weighted by Crippen LogP contribution is 2.25. The Morgan fingerprint density at radius 1 is 0.647 bits per heavy atom. The maximum atomic E-state index is 6.59. The van der Waals surface area contributed by atoms with Gasteiger partial charge in [-0.3, -0.25) is 0 Å². The van der Waals surface area contributed by atoms with Crippen molar-refractivity contribution in [2.24, 2.45) is 35.0 Å². The van der Waals surface area contributed by atoms with Crippen molar-refractivity contribution in [3.8, 4) is 0 Å². The van der Waals surface area contributed by atoms with Crippen LogP contribution >= 0.6 is 0 Å². The minimum atomic E-state index is 0.0808. The maximum absolute atomic E-state index is 6.59. The lowest BCUT2D eigenvalue weighted by atomic mass is 9.88. The van der Waals surface area contributed by atoms with Crippen LogP contribution in [0, 0.1) is 17.8 Å². The predicted molar refractivity (Wildman–Crippen MR) is 149 cm³/mol. The van der Waals surface area contributed by atoms with Crippen molar-refractivity contribution in [3.05, 3.63) is 70.8 Å². The molecule has 0 radical (unpaired) electrons. The number of unbranched alkanes of at least 4 members (excludes halogenated alkanes) is 3. The zero-order valence-corrected chi connectivity index (χ0v) is 22.1. The van der Waals surface area contributed by atoms with E-state index in [-0.39, 0.29) is 6.04 Å². The first-order chi connectivity index (χ1) is 16.4. The molecule has 0 aliphatic carbocycles. The van der Waals surface area contributed by atoms with Gasteiger partial charge in [0.15, 0.2) is 0 Å². The van der Waals surface area contributed by atoms with E-state index in [9.17, 15) is 0 Å². The molecule has 0 aliphatic heterocycles. The predicted octanol–water partition coefficient (Wildman–Crippen LogP) is 6.92. The third-order valence-corrected chi connectivity index (χ3v) is 7.36.